The van der Waals surface area contributed by atoms with Crippen LogP contribution < -0.4 is 0 Å². The van der Waals surface area contributed by atoms with E-state index in [1.54, 1.807) is 12.1 Å². The first kappa shape index (κ1) is 14.4. The Kier molecular flexibility index (Phi) is 4.59. The van der Waals surface area contributed by atoms with Gasteiger partial charge in [-0.1, -0.05) is 54.1 Å². The van der Waals surface area contributed by atoms with Crippen molar-refractivity contribution in [2.45, 2.75) is 6.92 Å². The van der Waals surface area contributed by atoms with E-state index in [1.807, 2.05) is 49.4 Å². The predicted octanol–water partition coefficient (Wildman–Crippen LogP) is 4.61. The van der Waals surface area contributed by atoms with Gasteiger partial charge >= 0.3 is 5.97 Å². The monoisotopic (exact) mass is 286 g/mol. The van der Waals surface area contributed by atoms with Crippen LogP contribution in [0.5, 0.6) is 0 Å². The zero-order chi connectivity index (χ0) is 14.5. The number of ether oxygens (including phenoxy) is 1. The van der Waals surface area contributed by atoms with Crippen molar-refractivity contribution in [3.05, 3.63) is 69.7 Å². The lowest BCUT2D eigenvalue weighted by molar-refractivity contribution is 0.0599. The molecule has 20 heavy (non-hydrogen) atoms. The molecule has 0 heterocycles. The Morgan fingerprint density at radius 1 is 1.15 bits per heavy atom. The molecule has 0 amide bonds. The van der Waals surface area contributed by atoms with Crippen LogP contribution in [0.2, 0.25) is 5.02 Å². The molecule has 0 fully saturated rings. The number of carbonyl (C=O) groups excluding carboxylic acids is 1. The highest BCUT2D eigenvalue weighted by Gasteiger charge is 2.14. The van der Waals surface area contributed by atoms with Crippen molar-refractivity contribution in [2.75, 3.05) is 7.11 Å². The normalized spacial score (nSPS) is 10.8. The highest BCUT2D eigenvalue weighted by atomic mass is 35.5. The molecular weight excluding hydrogens is 272 g/mol. The predicted molar refractivity (Wildman–Crippen MR) is 82.9 cm³/mol. The minimum Gasteiger partial charge on any atom is -0.465 e. The lowest BCUT2D eigenvalue weighted by atomic mass is 10.0. The van der Waals surface area contributed by atoms with E-state index in [1.165, 1.54) is 7.11 Å². The van der Waals surface area contributed by atoms with Crippen molar-refractivity contribution in [1.82, 2.24) is 0 Å². The third-order valence-corrected chi connectivity index (χ3v) is 3.19. The summed E-state index contributed by atoms with van der Waals surface area (Å²) in [5.41, 5.74) is 3.16. The van der Waals surface area contributed by atoms with Crippen LogP contribution in [0.25, 0.3) is 12.2 Å². The summed E-state index contributed by atoms with van der Waals surface area (Å²) in [6.45, 7) is 1.85. The minimum atomic E-state index is -0.355. The smallest absolute Gasteiger partial charge is 0.338 e. The fraction of sp³-hybridized carbons (Fsp3) is 0.118. The van der Waals surface area contributed by atoms with Gasteiger partial charge in [0.05, 0.1) is 12.7 Å². The van der Waals surface area contributed by atoms with E-state index in [9.17, 15) is 4.79 Å². The largest absolute Gasteiger partial charge is 0.465 e. The zero-order valence-corrected chi connectivity index (χ0v) is 12.1. The van der Waals surface area contributed by atoms with Crippen LogP contribution in [0.3, 0.4) is 0 Å². The summed E-state index contributed by atoms with van der Waals surface area (Å²) >= 11 is 6.07. The number of hydrogen-bond acceptors (Lipinski definition) is 2. The van der Waals surface area contributed by atoms with E-state index in [2.05, 4.69) is 0 Å². The molecule has 0 spiro atoms. The molecular formula is C17H15ClO2. The maximum absolute atomic E-state index is 11.9. The number of esters is 1. The van der Waals surface area contributed by atoms with Crippen molar-refractivity contribution in [2.24, 2.45) is 0 Å². The molecule has 0 N–H and O–H groups in total. The molecule has 102 valence electrons. The molecule has 0 saturated carbocycles. The summed E-state index contributed by atoms with van der Waals surface area (Å²) in [6.07, 6.45) is 3.82. The van der Waals surface area contributed by atoms with E-state index in [4.69, 9.17) is 16.3 Å². The van der Waals surface area contributed by atoms with Crippen molar-refractivity contribution >= 4 is 29.7 Å². The molecule has 2 aromatic carbocycles. The van der Waals surface area contributed by atoms with Crippen LogP contribution in [0.4, 0.5) is 0 Å². The fourth-order valence-electron chi connectivity index (χ4n) is 2.03. The topological polar surface area (TPSA) is 26.3 Å². The molecule has 0 saturated heterocycles. The Balaban J connectivity index is 2.45. The molecule has 0 aliphatic heterocycles. The van der Waals surface area contributed by atoms with Crippen molar-refractivity contribution in [1.29, 1.82) is 0 Å². The average Bonchev–Trinajstić information content (AvgIpc) is 2.45. The molecule has 0 bridgehead atoms. The molecule has 2 rings (SSSR count). The number of halogens is 1. The maximum Gasteiger partial charge on any atom is 0.338 e. The zero-order valence-electron chi connectivity index (χ0n) is 11.4. The summed E-state index contributed by atoms with van der Waals surface area (Å²) in [5.74, 6) is -0.355. The molecule has 0 aliphatic carbocycles. The molecule has 0 radical (unpaired) electrons. The van der Waals surface area contributed by atoms with Crippen molar-refractivity contribution < 1.29 is 9.53 Å². The van der Waals surface area contributed by atoms with Crippen LogP contribution in [0.1, 0.15) is 27.0 Å². The molecule has 0 unspecified atom stereocenters. The first-order valence-electron chi connectivity index (χ1n) is 6.23. The van der Waals surface area contributed by atoms with Gasteiger partial charge in [-0.15, -0.1) is 0 Å². The third kappa shape index (κ3) is 3.28. The van der Waals surface area contributed by atoms with E-state index in [-0.39, 0.29) is 5.97 Å². The van der Waals surface area contributed by atoms with E-state index in [0.29, 0.717) is 10.6 Å². The fourth-order valence-corrected chi connectivity index (χ4v) is 2.31. The molecule has 0 aliphatic rings. The molecule has 0 atom stereocenters. The summed E-state index contributed by atoms with van der Waals surface area (Å²) in [7, 11) is 1.38. The molecule has 2 aromatic rings. The molecule has 3 heteroatoms. The second-order valence-electron chi connectivity index (χ2n) is 4.42. The Hall–Kier alpha value is -2.06. The second kappa shape index (κ2) is 6.40. The van der Waals surface area contributed by atoms with Gasteiger partial charge in [-0.05, 0) is 35.7 Å². The van der Waals surface area contributed by atoms with Crippen LogP contribution >= 0.6 is 11.6 Å². The standard InChI is InChI=1S/C17H15ClO2/c1-12-10-15(18)11-14(16(12)17(19)20-2)9-8-13-6-4-3-5-7-13/h3-11H,1-2H3/b9-8+. The van der Waals surface area contributed by atoms with Crippen molar-refractivity contribution in [3.8, 4) is 0 Å². The number of hydrogen-bond donors (Lipinski definition) is 0. The van der Waals surface area contributed by atoms with Crippen LogP contribution in [0.15, 0.2) is 42.5 Å². The van der Waals surface area contributed by atoms with Crippen LogP contribution in [0, 0.1) is 6.92 Å². The Labute approximate surface area is 123 Å². The lowest BCUT2D eigenvalue weighted by Gasteiger charge is -2.08. The second-order valence-corrected chi connectivity index (χ2v) is 4.86. The Morgan fingerprint density at radius 2 is 1.85 bits per heavy atom. The Bertz CT molecular complexity index is 646. The first-order valence-corrected chi connectivity index (χ1v) is 6.61. The van der Waals surface area contributed by atoms with Gasteiger partial charge in [-0.25, -0.2) is 4.79 Å². The van der Waals surface area contributed by atoms with Gasteiger partial charge in [0, 0.05) is 5.02 Å². The lowest BCUT2D eigenvalue weighted by Crippen LogP contribution is -2.06. The highest BCUT2D eigenvalue weighted by Crippen LogP contribution is 2.23. The van der Waals surface area contributed by atoms with E-state index >= 15 is 0 Å². The Morgan fingerprint density at radius 3 is 2.50 bits per heavy atom. The summed E-state index contributed by atoms with van der Waals surface area (Å²) in [4.78, 5) is 11.9. The highest BCUT2D eigenvalue weighted by molar-refractivity contribution is 6.31. The van der Waals surface area contributed by atoms with Gasteiger partial charge in [-0.2, -0.15) is 0 Å². The quantitative estimate of drug-likeness (QED) is 0.608. The number of carbonyl (C=O) groups is 1. The average molecular weight is 287 g/mol. The number of rotatable bonds is 3. The van der Waals surface area contributed by atoms with Gasteiger partial charge in [0.15, 0.2) is 0 Å². The summed E-state index contributed by atoms with van der Waals surface area (Å²) < 4.78 is 4.83. The summed E-state index contributed by atoms with van der Waals surface area (Å²) in [5, 5.41) is 0.600. The number of methoxy groups -OCH3 is 1. The maximum atomic E-state index is 11.9. The van der Waals surface area contributed by atoms with E-state index < -0.39 is 0 Å². The van der Waals surface area contributed by atoms with Crippen LogP contribution in [-0.2, 0) is 4.74 Å². The van der Waals surface area contributed by atoms with Gasteiger partial charge in [0.25, 0.3) is 0 Å². The minimum absolute atomic E-state index is 0.355. The SMILES string of the molecule is COC(=O)c1c(C)cc(Cl)cc1/C=C/c1ccccc1. The number of aryl methyl sites for hydroxylation is 1. The molecule has 2 nitrogen and oxygen atoms in total. The van der Waals surface area contributed by atoms with Gasteiger partial charge < -0.3 is 4.74 Å². The number of benzene rings is 2. The van der Waals surface area contributed by atoms with Gasteiger partial charge in [0.1, 0.15) is 0 Å². The third-order valence-electron chi connectivity index (χ3n) is 2.98. The van der Waals surface area contributed by atoms with E-state index in [0.717, 1.165) is 16.7 Å². The van der Waals surface area contributed by atoms with Crippen LogP contribution in [-0.4, -0.2) is 13.1 Å². The van der Waals surface area contributed by atoms with Gasteiger partial charge in [-0.3, -0.25) is 0 Å². The van der Waals surface area contributed by atoms with Crippen molar-refractivity contribution in [3.63, 3.8) is 0 Å². The van der Waals surface area contributed by atoms with Gasteiger partial charge in [0.2, 0.25) is 0 Å². The summed E-state index contributed by atoms with van der Waals surface area (Å²) in [6, 6.07) is 13.4. The first-order chi connectivity index (χ1) is 9.61. The molecule has 0 aromatic heterocycles.